The number of hydrogen-bond acceptors (Lipinski definition) is 3. The maximum absolute atomic E-state index is 12.7. The van der Waals surface area contributed by atoms with Crippen LogP contribution in [-0.2, 0) is 14.3 Å². The Morgan fingerprint density at radius 2 is 1.57 bits per heavy atom. The number of ether oxygens (including phenoxy) is 2. The predicted octanol–water partition coefficient (Wildman–Crippen LogP) is 3.92. The fourth-order valence-corrected chi connectivity index (χ4v) is 4.73. The second kappa shape index (κ2) is 7.32. The lowest BCUT2D eigenvalue weighted by atomic mass is 9.65. The first-order chi connectivity index (χ1) is 10.3. The maximum Gasteiger partial charge on any atom is 0.309 e. The predicted molar refractivity (Wildman–Crippen MR) is 82.4 cm³/mol. The van der Waals surface area contributed by atoms with Crippen molar-refractivity contribution in [3.8, 4) is 0 Å². The van der Waals surface area contributed by atoms with E-state index in [9.17, 15) is 4.79 Å². The molecular formula is C17H27ClO3. The largest absolute Gasteiger partial charge is 0.465 e. The molecule has 0 amide bonds. The minimum absolute atomic E-state index is 0.0252. The van der Waals surface area contributed by atoms with Crippen LogP contribution in [0.1, 0.15) is 57.8 Å². The normalized spacial score (nSPS) is 39.2. The molecule has 0 radical (unpaired) electrons. The lowest BCUT2D eigenvalue weighted by Gasteiger charge is -2.49. The minimum atomic E-state index is 0.0252. The van der Waals surface area contributed by atoms with Crippen LogP contribution in [0.5, 0.6) is 0 Å². The quantitative estimate of drug-likeness (QED) is 0.448. The molecular weight excluding hydrogens is 288 g/mol. The third-order valence-electron chi connectivity index (χ3n) is 5.57. The molecule has 4 atom stereocenters. The zero-order valence-corrected chi connectivity index (χ0v) is 13.5. The van der Waals surface area contributed by atoms with Crippen molar-refractivity contribution in [1.82, 2.24) is 0 Å². The van der Waals surface area contributed by atoms with Crippen molar-refractivity contribution >= 4 is 17.6 Å². The Bertz CT molecular complexity index is 338. The number of halogens is 1. The van der Waals surface area contributed by atoms with Crippen LogP contribution in [0.4, 0.5) is 0 Å². The van der Waals surface area contributed by atoms with Gasteiger partial charge < -0.3 is 9.47 Å². The Kier molecular flexibility index (Phi) is 5.44. The van der Waals surface area contributed by atoms with Gasteiger partial charge in [0.2, 0.25) is 0 Å². The first-order valence-corrected chi connectivity index (χ1v) is 9.23. The molecule has 0 N–H and O–H groups in total. The van der Waals surface area contributed by atoms with Gasteiger partial charge in [0.25, 0.3) is 0 Å². The van der Waals surface area contributed by atoms with Crippen molar-refractivity contribution in [2.24, 2.45) is 17.8 Å². The molecule has 1 heterocycles. The van der Waals surface area contributed by atoms with Crippen LogP contribution in [0.25, 0.3) is 0 Å². The van der Waals surface area contributed by atoms with E-state index in [2.05, 4.69) is 0 Å². The monoisotopic (exact) mass is 314 g/mol. The molecule has 120 valence electrons. The fraction of sp³-hybridized carbons (Fsp3) is 0.941. The second-order valence-corrected chi connectivity index (χ2v) is 7.22. The van der Waals surface area contributed by atoms with Gasteiger partial charge in [-0.2, -0.15) is 0 Å². The van der Waals surface area contributed by atoms with E-state index in [-0.39, 0.29) is 11.9 Å². The number of alkyl halides is 1. The van der Waals surface area contributed by atoms with Gasteiger partial charge in [-0.1, -0.05) is 25.7 Å². The van der Waals surface area contributed by atoms with Crippen LogP contribution in [0.15, 0.2) is 0 Å². The molecule has 0 aromatic carbocycles. The summed E-state index contributed by atoms with van der Waals surface area (Å²) in [7, 11) is 0. The van der Waals surface area contributed by atoms with Crippen LogP contribution in [0.3, 0.4) is 0 Å². The summed E-state index contributed by atoms with van der Waals surface area (Å²) in [5.41, 5.74) is 0. The van der Waals surface area contributed by atoms with E-state index < -0.39 is 0 Å². The zero-order valence-electron chi connectivity index (χ0n) is 12.8. The topological polar surface area (TPSA) is 35.5 Å². The molecule has 2 saturated carbocycles. The summed E-state index contributed by atoms with van der Waals surface area (Å²) in [6, 6.07) is 0. The van der Waals surface area contributed by atoms with E-state index in [1.54, 1.807) is 0 Å². The summed E-state index contributed by atoms with van der Waals surface area (Å²) in [4.78, 5) is 12.7. The summed E-state index contributed by atoms with van der Waals surface area (Å²) >= 11 is 5.68. The molecule has 3 fully saturated rings. The minimum Gasteiger partial charge on any atom is -0.465 e. The molecule has 1 aliphatic heterocycles. The van der Waals surface area contributed by atoms with Crippen LogP contribution in [0.2, 0.25) is 0 Å². The van der Waals surface area contributed by atoms with Crippen molar-refractivity contribution in [1.29, 1.82) is 0 Å². The number of rotatable bonds is 4. The molecule has 0 aromatic heterocycles. The first-order valence-electron chi connectivity index (χ1n) is 8.69. The number of esters is 1. The van der Waals surface area contributed by atoms with Gasteiger partial charge in [0.1, 0.15) is 0 Å². The van der Waals surface area contributed by atoms with Gasteiger partial charge in [0, 0.05) is 5.88 Å². The summed E-state index contributed by atoms with van der Waals surface area (Å²) in [5, 5.41) is 0. The van der Waals surface area contributed by atoms with Gasteiger partial charge >= 0.3 is 5.97 Å². The van der Waals surface area contributed by atoms with Crippen molar-refractivity contribution in [3.63, 3.8) is 0 Å². The van der Waals surface area contributed by atoms with Crippen molar-refractivity contribution in [2.45, 2.75) is 70.0 Å². The zero-order chi connectivity index (χ0) is 14.7. The molecule has 3 rings (SSSR count). The van der Waals surface area contributed by atoms with Gasteiger partial charge in [-0.15, -0.1) is 11.6 Å². The molecule has 2 aliphatic carbocycles. The summed E-state index contributed by atoms with van der Waals surface area (Å²) in [6.45, 7) is 0.467. The van der Waals surface area contributed by atoms with Gasteiger partial charge in [-0.3, -0.25) is 4.79 Å². The van der Waals surface area contributed by atoms with Gasteiger partial charge in [-0.25, -0.2) is 0 Å². The lowest BCUT2D eigenvalue weighted by Crippen LogP contribution is -2.53. The van der Waals surface area contributed by atoms with E-state index >= 15 is 0 Å². The Morgan fingerprint density at radius 3 is 2.14 bits per heavy atom. The maximum atomic E-state index is 12.7. The van der Waals surface area contributed by atoms with E-state index in [0.717, 1.165) is 32.1 Å². The number of carbonyl (C=O) groups is 1. The van der Waals surface area contributed by atoms with Gasteiger partial charge in [-0.05, 0) is 43.9 Å². The van der Waals surface area contributed by atoms with E-state index in [4.69, 9.17) is 21.1 Å². The van der Waals surface area contributed by atoms with Crippen LogP contribution in [-0.4, -0.2) is 30.7 Å². The van der Waals surface area contributed by atoms with Gasteiger partial charge in [0.15, 0.2) is 0 Å². The van der Waals surface area contributed by atoms with E-state index in [0.29, 0.717) is 36.5 Å². The highest BCUT2D eigenvalue weighted by molar-refractivity contribution is 6.17. The molecule has 3 aliphatic rings. The highest BCUT2D eigenvalue weighted by Gasteiger charge is 2.50. The summed E-state index contributed by atoms with van der Waals surface area (Å²) in [6.07, 6.45) is 10.8. The molecule has 1 saturated heterocycles. The highest BCUT2D eigenvalue weighted by atomic mass is 35.5. The van der Waals surface area contributed by atoms with E-state index in [1.165, 1.54) is 25.7 Å². The summed E-state index contributed by atoms with van der Waals surface area (Å²) < 4.78 is 11.9. The van der Waals surface area contributed by atoms with Crippen LogP contribution in [0, 0.1) is 17.8 Å². The molecule has 4 heteroatoms. The molecule has 0 bridgehead atoms. The Labute approximate surface area is 132 Å². The smallest absolute Gasteiger partial charge is 0.309 e. The van der Waals surface area contributed by atoms with Crippen LogP contribution < -0.4 is 0 Å². The van der Waals surface area contributed by atoms with E-state index in [1.807, 2.05) is 0 Å². The molecule has 21 heavy (non-hydrogen) atoms. The van der Waals surface area contributed by atoms with Crippen LogP contribution >= 0.6 is 11.6 Å². The second-order valence-electron chi connectivity index (χ2n) is 6.85. The molecule has 3 nitrogen and oxygen atoms in total. The third-order valence-corrected chi connectivity index (χ3v) is 5.84. The van der Waals surface area contributed by atoms with Crippen molar-refractivity contribution in [3.05, 3.63) is 0 Å². The lowest BCUT2D eigenvalue weighted by molar-refractivity contribution is -0.193. The summed E-state index contributed by atoms with van der Waals surface area (Å²) in [5.74, 6) is 1.43. The third kappa shape index (κ3) is 3.39. The fourth-order valence-electron chi connectivity index (χ4n) is 4.63. The average molecular weight is 315 g/mol. The first kappa shape index (κ1) is 15.6. The number of hydrogen-bond donors (Lipinski definition) is 0. The SMILES string of the molecule is O=C(OCCCCl)C1C2CCCCC2OC2CCCCC21. The number of fused-ring (bicyclic) bond motifs is 2. The molecule has 4 unspecified atom stereocenters. The van der Waals surface area contributed by atoms with Crippen molar-refractivity contribution < 1.29 is 14.3 Å². The Balaban J connectivity index is 1.72. The highest BCUT2D eigenvalue weighted by Crippen LogP contribution is 2.47. The molecule has 0 spiro atoms. The molecule has 0 aromatic rings. The Morgan fingerprint density at radius 1 is 1.00 bits per heavy atom. The Hall–Kier alpha value is -0.280. The van der Waals surface area contributed by atoms with Gasteiger partial charge in [0.05, 0.1) is 24.7 Å². The standard InChI is InChI=1S/C17H27ClO3/c18-10-5-11-20-17(19)16-12-6-1-3-8-14(12)21-15-9-4-2-7-13(15)16/h12-16H,1-11H2. The van der Waals surface area contributed by atoms with Crippen molar-refractivity contribution in [2.75, 3.05) is 12.5 Å². The number of carbonyl (C=O) groups excluding carboxylic acids is 1. The average Bonchev–Trinajstić information content (AvgIpc) is 2.52.